The average Bonchev–Trinajstić information content (AvgIpc) is 2.73. The molecule has 1 aliphatic heterocycles. The summed E-state index contributed by atoms with van der Waals surface area (Å²) in [5.41, 5.74) is 4.48. The van der Waals surface area contributed by atoms with Crippen LogP contribution in [0.4, 0.5) is 5.69 Å². The maximum Gasteiger partial charge on any atom is 0.253 e. The largest absolute Gasteiger partial charge is 0.305 e. The number of carbonyl (C=O) groups excluding carboxylic acids is 1. The Bertz CT molecular complexity index is 381. The highest BCUT2D eigenvalue weighted by atomic mass is 16.7. The number of hydroxylamine groups is 2. The van der Waals surface area contributed by atoms with E-state index in [2.05, 4.69) is 5.48 Å². The lowest BCUT2D eigenvalue weighted by Crippen LogP contribution is -2.24. The van der Waals surface area contributed by atoms with Crippen LogP contribution >= 0.6 is 0 Å². The van der Waals surface area contributed by atoms with Crippen LogP contribution in [0, 0.1) is 0 Å². The van der Waals surface area contributed by atoms with Crippen molar-refractivity contribution in [2.75, 3.05) is 18.8 Å². The van der Waals surface area contributed by atoms with Crippen LogP contribution in [0.3, 0.4) is 0 Å². The number of benzene rings is 1. The number of hydrogen-bond donors (Lipinski definition) is 1. The summed E-state index contributed by atoms with van der Waals surface area (Å²) in [5, 5.41) is 1.35. The van der Waals surface area contributed by atoms with Gasteiger partial charge in [0.1, 0.15) is 0 Å². The molecule has 0 aromatic heterocycles. The molecule has 1 saturated heterocycles. The number of nitrogens with one attached hydrogen (secondary N) is 1. The Morgan fingerprint density at radius 3 is 3.00 bits per heavy atom. The Hall–Kier alpha value is -1.43. The molecule has 0 radical (unpaired) electrons. The molecule has 1 aromatic carbocycles. The van der Waals surface area contributed by atoms with Crippen molar-refractivity contribution in [3.8, 4) is 0 Å². The Labute approximate surface area is 93.9 Å². The van der Waals surface area contributed by atoms with Gasteiger partial charge in [0.25, 0.3) is 5.91 Å². The zero-order chi connectivity index (χ0) is 11.4. The van der Waals surface area contributed by atoms with Crippen molar-refractivity contribution in [3.63, 3.8) is 0 Å². The standard InChI is InChI=1S/C11H14N2O3/c1-15-12-8-9-4-2-3-5-10(9)13-11(14)6-7-16-13/h2-5,12H,6-8H2,1H3. The van der Waals surface area contributed by atoms with Crippen molar-refractivity contribution >= 4 is 11.6 Å². The molecule has 0 aliphatic carbocycles. The number of para-hydroxylation sites is 1. The topological polar surface area (TPSA) is 50.8 Å². The number of amides is 1. The third kappa shape index (κ3) is 2.21. The van der Waals surface area contributed by atoms with Crippen molar-refractivity contribution in [2.45, 2.75) is 13.0 Å². The Morgan fingerprint density at radius 1 is 1.50 bits per heavy atom. The lowest BCUT2D eigenvalue weighted by molar-refractivity contribution is -0.119. The van der Waals surface area contributed by atoms with Gasteiger partial charge in [0.05, 0.1) is 25.8 Å². The minimum Gasteiger partial charge on any atom is -0.305 e. The number of anilines is 1. The van der Waals surface area contributed by atoms with Crippen LogP contribution in [0.5, 0.6) is 0 Å². The number of rotatable bonds is 4. The zero-order valence-electron chi connectivity index (χ0n) is 9.10. The molecule has 16 heavy (non-hydrogen) atoms. The van der Waals surface area contributed by atoms with E-state index < -0.39 is 0 Å². The van der Waals surface area contributed by atoms with E-state index in [-0.39, 0.29) is 5.91 Å². The third-order valence-corrected chi connectivity index (χ3v) is 2.38. The van der Waals surface area contributed by atoms with Crippen molar-refractivity contribution in [3.05, 3.63) is 29.8 Å². The molecule has 5 nitrogen and oxygen atoms in total. The predicted molar refractivity (Wildman–Crippen MR) is 58.3 cm³/mol. The molecule has 5 heteroatoms. The third-order valence-electron chi connectivity index (χ3n) is 2.38. The summed E-state index contributed by atoms with van der Waals surface area (Å²) in [6.45, 7) is 0.977. The second-order valence-corrected chi connectivity index (χ2v) is 3.43. The van der Waals surface area contributed by atoms with E-state index in [0.29, 0.717) is 19.6 Å². The van der Waals surface area contributed by atoms with E-state index in [0.717, 1.165) is 11.3 Å². The van der Waals surface area contributed by atoms with Gasteiger partial charge in [-0.3, -0.25) is 9.63 Å². The fourth-order valence-corrected chi connectivity index (χ4v) is 1.61. The first-order valence-electron chi connectivity index (χ1n) is 5.12. The van der Waals surface area contributed by atoms with E-state index in [1.165, 1.54) is 5.06 Å². The van der Waals surface area contributed by atoms with Gasteiger partial charge in [-0.1, -0.05) is 18.2 Å². The molecular weight excluding hydrogens is 208 g/mol. The monoisotopic (exact) mass is 222 g/mol. The molecule has 2 rings (SSSR count). The van der Waals surface area contributed by atoms with E-state index in [1.54, 1.807) is 7.11 Å². The Balaban J connectivity index is 2.21. The lowest BCUT2D eigenvalue weighted by Gasteiger charge is -2.17. The molecule has 86 valence electrons. The van der Waals surface area contributed by atoms with Crippen LogP contribution in [0.25, 0.3) is 0 Å². The molecule has 1 amide bonds. The molecule has 0 saturated carbocycles. The number of carbonyl (C=O) groups is 1. The van der Waals surface area contributed by atoms with Crippen LogP contribution in [-0.2, 0) is 21.0 Å². The van der Waals surface area contributed by atoms with Gasteiger partial charge >= 0.3 is 0 Å². The minimum absolute atomic E-state index is 0.00938. The quantitative estimate of drug-likeness (QED) is 0.772. The van der Waals surface area contributed by atoms with Crippen LogP contribution in [0.2, 0.25) is 0 Å². The predicted octanol–water partition coefficient (Wildman–Crippen LogP) is 1.01. The van der Waals surface area contributed by atoms with Crippen molar-refractivity contribution in [1.82, 2.24) is 5.48 Å². The fourth-order valence-electron chi connectivity index (χ4n) is 1.61. The first-order chi connectivity index (χ1) is 7.83. The highest BCUT2D eigenvalue weighted by Crippen LogP contribution is 2.24. The molecule has 1 heterocycles. The normalized spacial score (nSPS) is 15.8. The summed E-state index contributed by atoms with van der Waals surface area (Å²) in [6, 6.07) is 7.57. The van der Waals surface area contributed by atoms with Gasteiger partial charge in [-0.15, -0.1) is 0 Å². The first-order valence-corrected chi connectivity index (χ1v) is 5.12. The van der Waals surface area contributed by atoms with Gasteiger partial charge in [0, 0.05) is 6.54 Å². The summed E-state index contributed by atoms with van der Waals surface area (Å²) in [5.74, 6) is -0.00938. The summed E-state index contributed by atoms with van der Waals surface area (Å²) >= 11 is 0. The maximum absolute atomic E-state index is 11.6. The van der Waals surface area contributed by atoms with Crippen molar-refractivity contribution in [1.29, 1.82) is 0 Å². The molecule has 1 N–H and O–H groups in total. The number of hydrogen-bond acceptors (Lipinski definition) is 4. The molecule has 1 aliphatic rings. The van der Waals surface area contributed by atoms with Gasteiger partial charge in [0.15, 0.2) is 0 Å². The highest BCUT2D eigenvalue weighted by Gasteiger charge is 2.24. The Morgan fingerprint density at radius 2 is 2.31 bits per heavy atom. The van der Waals surface area contributed by atoms with Crippen molar-refractivity contribution < 1.29 is 14.5 Å². The molecule has 0 atom stereocenters. The Kier molecular flexibility index (Phi) is 3.51. The van der Waals surface area contributed by atoms with Crippen molar-refractivity contribution in [2.24, 2.45) is 0 Å². The van der Waals surface area contributed by atoms with Crippen LogP contribution < -0.4 is 10.5 Å². The first kappa shape index (κ1) is 11.1. The molecular formula is C11H14N2O3. The highest BCUT2D eigenvalue weighted by molar-refractivity contribution is 5.93. The van der Waals surface area contributed by atoms with Gasteiger partial charge in [-0.05, 0) is 11.6 Å². The van der Waals surface area contributed by atoms with E-state index in [9.17, 15) is 4.79 Å². The van der Waals surface area contributed by atoms with Crippen LogP contribution in [-0.4, -0.2) is 19.6 Å². The van der Waals surface area contributed by atoms with E-state index in [4.69, 9.17) is 9.68 Å². The van der Waals surface area contributed by atoms with Crippen LogP contribution in [0.15, 0.2) is 24.3 Å². The summed E-state index contributed by atoms with van der Waals surface area (Å²) in [7, 11) is 1.56. The maximum atomic E-state index is 11.6. The zero-order valence-corrected chi connectivity index (χ0v) is 9.10. The smallest absolute Gasteiger partial charge is 0.253 e. The summed E-state index contributed by atoms with van der Waals surface area (Å²) < 4.78 is 0. The van der Waals surface area contributed by atoms with Gasteiger partial charge in [0.2, 0.25) is 0 Å². The van der Waals surface area contributed by atoms with Crippen LogP contribution in [0.1, 0.15) is 12.0 Å². The molecule has 1 fully saturated rings. The average molecular weight is 222 g/mol. The number of nitrogens with zero attached hydrogens (tertiary/aromatic N) is 1. The van der Waals surface area contributed by atoms with Gasteiger partial charge < -0.3 is 4.84 Å². The lowest BCUT2D eigenvalue weighted by atomic mass is 10.1. The molecule has 0 unspecified atom stereocenters. The molecule has 0 bridgehead atoms. The van der Waals surface area contributed by atoms with Gasteiger partial charge in [-0.25, -0.2) is 0 Å². The fraction of sp³-hybridized carbons (Fsp3) is 0.364. The molecule has 0 spiro atoms. The second kappa shape index (κ2) is 5.07. The van der Waals surface area contributed by atoms with E-state index in [1.807, 2.05) is 24.3 Å². The summed E-state index contributed by atoms with van der Waals surface area (Å²) in [4.78, 5) is 21.6. The van der Waals surface area contributed by atoms with Gasteiger partial charge in [-0.2, -0.15) is 10.5 Å². The summed E-state index contributed by atoms with van der Waals surface area (Å²) in [6.07, 6.45) is 0.437. The SMILES string of the molecule is CONCc1ccccc1N1OCCC1=O. The molecule has 1 aromatic rings. The second-order valence-electron chi connectivity index (χ2n) is 3.43. The minimum atomic E-state index is -0.00938. The van der Waals surface area contributed by atoms with E-state index >= 15 is 0 Å².